The van der Waals surface area contributed by atoms with Crippen molar-refractivity contribution in [1.82, 2.24) is 19.9 Å². The largest absolute Gasteiger partial charge is 0.337 e. The summed E-state index contributed by atoms with van der Waals surface area (Å²) in [5.74, 6) is 2.38. The summed E-state index contributed by atoms with van der Waals surface area (Å²) in [6.45, 7) is 4.13. The Labute approximate surface area is 195 Å². The molecule has 2 fully saturated rings. The van der Waals surface area contributed by atoms with Crippen LogP contribution in [0.5, 0.6) is 0 Å². The number of nitrogens with zero attached hydrogens (tertiary/aromatic N) is 5. The zero-order chi connectivity index (χ0) is 22.8. The smallest absolute Gasteiger partial charge is 0.272 e. The Bertz CT molecular complexity index is 1020. The molecule has 0 N–H and O–H groups in total. The van der Waals surface area contributed by atoms with Crippen LogP contribution in [0.2, 0.25) is 0 Å². The van der Waals surface area contributed by atoms with E-state index in [2.05, 4.69) is 4.98 Å². The molecule has 1 atom stereocenters. The van der Waals surface area contributed by atoms with Crippen LogP contribution in [0.25, 0.3) is 0 Å². The SMILES string of the molecule is Cc1nc([C@H]2CCCN(C(=O)c3ccccn3)C2)nc2c1CCC(=O)N2CC1CCCCC1. The first-order valence-electron chi connectivity index (χ1n) is 12.5. The number of piperidine rings is 1. The average molecular weight is 448 g/mol. The van der Waals surface area contributed by atoms with Crippen LogP contribution in [0.4, 0.5) is 5.82 Å². The molecule has 2 aliphatic heterocycles. The highest BCUT2D eigenvalue weighted by molar-refractivity contribution is 5.95. The lowest BCUT2D eigenvalue weighted by atomic mass is 9.88. The lowest BCUT2D eigenvalue weighted by molar-refractivity contribution is -0.119. The highest BCUT2D eigenvalue weighted by atomic mass is 16.2. The van der Waals surface area contributed by atoms with Crippen molar-refractivity contribution in [3.8, 4) is 0 Å². The van der Waals surface area contributed by atoms with Crippen molar-refractivity contribution in [1.29, 1.82) is 0 Å². The van der Waals surface area contributed by atoms with Crippen LogP contribution in [-0.2, 0) is 11.2 Å². The number of amides is 2. The van der Waals surface area contributed by atoms with Gasteiger partial charge in [0, 0.05) is 49.4 Å². The van der Waals surface area contributed by atoms with Crippen LogP contribution in [0.1, 0.15) is 84.9 Å². The molecule has 7 heteroatoms. The lowest BCUT2D eigenvalue weighted by Gasteiger charge is -2.35. The van der Waals surface area contributed by atoms with E-state index in [9.17, 15) is 9.59 Å². The number of carbonyl (C=O) groups excluding carboxylic acids is 2. The summed E-state index contributed by atoms with van der Waals surface area (Å²) in [5.41, 5.74) is 2.57. The van der Waals surface area contributed by atoms with E-state index in [0.717, 1.165) is 55.3 Å². The fraction of sp³-hybridized carbons (Fsp3) is 0.577. The number of hydrogen-bond acceptors (Lipinski definition) is 5. The second kappa shape index (κ2) is 9.57. The third-order valence-electron chi connectivity index (χ3n) is 7.48. The minimum Gasteiger partial charge on any atom is -0.337 e. The van der Waals surface area contributed by atoms with Crippen molar-refractivity contribution in [3.63, 3.8) is 0 Å². The Hall–Kier alpha value is -2.83. The summed E-state index contributed by atoms with van der Waals surface area (Å²) >= 11 is 0. The number of aromatic nitrogens is 3. The van der Waals surface area contributed by atoms with Gasteiger partial charge in [0.2, 0.25) is 5.91 Å². The fourth-order valence-electron chi connectivity index (χ4n) is 5.63. The number of fused-ring (bicyclic) bond motifs is 1. The molecule has 33 heavy (non-hydrogen) atoms. The van der Waals surface area contributed by atoms with E-state index in [1.165, 1.54) is 32.1 Å². The molecule has 4 heterocycles. The summed E-state index contributed by atoms with van der Waals surface area (Å²) in [4.78, 5) is 43.8. The maximum atomic E-state index is 13.0. The van der Waals surface area contributed by atoms with Gasteiger partial charge in [0.25, 0.3) is 5.91 Å². The van der Waals surface area contributed by atoms with E-state index in [-0.39, 0.29) is 17.7 Å². The summed E-state index contributed by atoms with van der Waals surface area (Å²) in [6.07, 6.45) is 11.0. The summed E-state index contributed by atoms with van der Waals surface area (Å²) in [7, 11) is 0. The van der Waals surface area contributed by atoms with Gasteiger partial charge in [-0.25, -0.2) is 9.97 Å². The first-order chi connectivity index (χ1) is 16.1. The molecule has 2 aromatic heterocycles. The molecule has 0 unspecified atom stereocenters. The van der Waals surface area contributed by atoms with E-state index < -0.39 is 0 Å². The fourth-order valence-corrected chi connectivity index (χ4v) is 5.63. The van der Waals surface area contributed by atoms with Crippen LogP contribution in [0.3, 0.4) is 0 Å². The maximum Gasteiger partial charge on any atom is 0.272 e. The number of anilines is 1. The second-order valence-electron chi connectivity index (χ2n) is 9.78. The van der Waals surface area contributed by atoms with Crippen molar-refractivity contribution >= 4 is 17.6 Å². The Kier molecular flexibility index (Phi) is 6.38. The van der Waals surface area contributed by atoms with Crippen molar-refractivity contribution in [3.05, 3.63) is 47.2 Å². The molecular formula is C26H33N5O2. The molecule has 5 rings (SSSR count). The highest BCUT2D eigenvalue weighted by Gasteiger charge is 2.33. The molecular weight excluding hydrogens is 414 g/mol. The number of carbonyl (C=O) groups is 2. The molecule has 2 amide bonds. The topological polar surface area (TPSA) is 79.3 Å². The van der Waals surface area contributed by atoms with Gasteiger partial charge in [-0.15, -0.1) is 0 Å². The molecule has 1 aliphatic carbocycles. The highest BCUT2D eigenvalue weighted by Crippen LogP contribution is 2.34. The van der Waals surface area contributed by atoms with E-state index in [0.29, 0.717) is 24.6 Å². The molecule has 3 aliphatic rings. The van der Waals surface area contributed by atoms with Gasteiger partial charge in [0.15, 0.2) is 0 Å². The van der Waals surface area contributed by atoms with Gasteiger partial charge in [-0.05, 0) is 57.1 Å². The van der Waals surface area contributed by atoms with Gasteiger partial charge >= 0.3 is 0 Å². The van der Waals surface area contributed by atoms with E-state index in [1.54, 1.807) is 12.3 Å². The van der Waals surface area contributed by atoms with Crippen molar-refractivity contribution < 1.29 is 9.59 Å². The maximum absolute atomic E-state index is 13.0. The van der Waals surface area contributed by atoms with Gasteiger partial charge in [0.1, 0.15) is 17.3 Å². The molecule has 1 saturated heterocycles. The quantitative estimate of drug-likeness (QED) is 0.706. The summed E-state index contributed by atoms with van der Waals surface area (Å²) in [6, 6.07) is 5.43. The standard InChI is InChI=1S/C26H33N5O2/c1-18-21-12-13-23(32)31(16-19-8-3-2-4-9-19)25(21)29-24(28-18)20-10-7-15-30(17-20)26(33)22-11-5-6-14-27-22/h5-6,11,14,19-20H,2-4,7-10,12-13,15-17H2,1H3/t20-/m0/s1. The van der Waals surface area contributed by atoms with Crippen molar-refractivity contribution in [2.24, 2.45) is 5.92 Å². The molecule has 0 bridgehead atoms. The number of aryl methyl sites for hydroxylation is 1. The number of rotatable bonds is 4. The van der Waals surface area contributed by atoms with Crippen LogP contribution in [-0.4, -0.2) is 51.3 Å². The Morgan fingerprint density at radius 1 is 1.06 bits per heavy atom. The molecule has 7 nitrogen and oxygen atoms in total. The van der Waals surface area contributed by atoms with Crippen LogP contribution in [0.15, 0.2) is 24.4 Å². The Balaban J connectivity index is 1.39. The van der Waals surface area contributed by atoms with Gasteiger partial charge in [-0.3, -0.25) is 19.5 Å². The zero-order valence-electron chi connectivity index (χ0n) is 19.5. The second-order valence-corrected chi connectivity index (χ2v) is 9.78. The Morgan fingerprint density at radius 3 is 2.70 bits per heavy atom. The van der Waals surface area contributed by atoms with Gasteiger partial charge in [-0.2, -0.15) is 0 Å². The van der Waals surface area contributed by atoms with Gasteiger partial charge < -0.3 is 4.90 Å². The lowest BCUT2D eigenvalue weighted by Crippen LogP contribution is -2.42. The van der Waals surface area contributed by atoms with Crippen LogP contribution >= 0.6 is 0 Å². The van der Waals surface area contributed by atoms with Gasteiger partial charge in [-0.1, -0.05) is 25.3 Å². The first-order valence-corrected chi connectivity index (χ1v) is 12.5. The number of likely N-dealkylation sites (tertiary alicyclic amines) is 1. The first kappa shape index (κ1) is 22.0. The zero-order valence-corrected chi connectivity index (χ0v) is 19.5. The van der Waals surface area contributed by atoms with Crippen molar-refractivity contribution in [2.45, 2.75) is 70.6 Å². The van der Waals surface area contributed by atoms with Crippen LogP contribution in [0, 0.1) is 12.8 Å². The predicted molar refractivity (Wildman–Crippen MR) is 126 cm³/mol. The average Bonchev–Trinajstić information content (AvgIpc) is 2.86. The predicted octanol–water partition coefficient (Wildman–Crippen LogP) is 4.06. The van der Waals surface area contributed by atoms with E-state index in [4.69, 9.17) is 9.97 Å². The van der Waals surface area contributed by atoms with Crippen LogP contribution < -0.4 is 4.90 Å². The monoisotopic (exact) mass is 447 g/mol. The molecule has 1 saturated carbocycles. The Morgan fingerprint density at radius 2 is 1.91 bits per heavy atom. The normalized spacial score (nSPS) is 21.7. The minimum atomic E-state index is -0.0379. The van der Waals surface area contributed by atoms with Gasteiger partial charge in [0.05, 0.1) is 0 Å². The molecule has 0 aromatic carbocycles. The third-order valence-corrected chi connectivity index (χ3v) is 7.48. The van der Waals surface area contributed by atoms with E-state index >= 15 is 0 Å². The number of pyridine rings is 1. The molecule has 2 aromatic rings. The van der Waals surface area contributed by atoms with Crippen molar-refractivity contribution in [2.75, 3.05) is 24.5 Å². The molecule has 0 spiro atoms. The molecule has 174 valence electrons. The van der Waals surface area contributed by atoms with E-state index in [1.807, 2.05) is 28.9 Å². The summed E-state index contributed by atoms with van der Waals surface area (Å²) in [5, 5.41) is 0. The molecule has 0 radical (unpaired) electrons. The minimum absolute atomic E-state index is 0.0379. The number of hydrogen-bond donors (Lipinski definition) is 0. The summed E-state index contributed by atoms with van der Waals surface area (Å²) < 4.78 is 0. The third kappa shape index (κ3) is 4.63.